The van der Waals surface area contributed by atoms with Crippen LogP contribution in [0.5, 0.6) is 0 Å². The van der Waals surface area contributed by atoms with Crippen molar-refractivity contribution in [2.75, 3.05) is 40.3 Å². The number of carbonyl (C=O) groups is 1. The number of nitrogens with zero attached hydrogens (tertiary/aromatic N) is 1. The van der Waals surface area contributed by atoms with Gasteiger partial charge < -0.3 is 14.9 Å². The van der Waals surface area contributed by atoms with Crippen molar-refractivity contribution in [2.45, 2.75) is 116 Å². The van der Waals surface area contributed by atoms with Gasteiger partial charge in [0.15, 0.2) is 0 Å². The molecule has 2 N–H and O–H groups in total. The maximum atomic E-state index is 11.9. The molecule has 0 atom stereocenters. The Balaban J connectivity index is 3.25. The summed E-state index contributed by atoms with van der Waals surface area (Å²) < 4.78 is 0.811. The molecule has 0 aromatic heterocycles. The van der Waals surface area contributed by atoms with Crippen LogP contribution in [0.25, 0.3) is 0 Å². The van der Waals surface area contributed by atoms with Crippen molar-refractivity contribution in [3.63, 3.8) is 0 Å². The molecule has 174 valence electrons. The van der Waals surface area contributed by atoms with Crippen LogP contribution in [0.1, 0.15) is 116 Å². The van der Waals surface area contributed by atoms with Gasteiger partial charge >= 0.3 is 0 Å². The molecule has 4 heteroatoms. The zero-order valence-corrected chi connectivity index (χ0v) is 20.2. The van der Waals surface area contributed by atoms with Gasteiger partial charge in [-0.05, 0) is 6.42 Å². The van der Waals surface area contributed by atoms with Crippen LogP contribution in [0, 0.1) is 0 Å². The molecule has 0 aliphatic carbocycles. The first-order valence-electron chi connectivity index (χ1n) is 12.7. The standard InChI is InChI=1S/C25H52N2O2/c1-4-5-6-7-8-9-10-11-12-13-14-15-16-17-18-20-25(29)26-21-19-22-27(2,3)23-24-28/h28H,4-24H2,1-3H3/p+1. The van der Waals surface area contributed by atoms with Crippen LogP contribution in [0.2, 0.25) is 0 Å². The molecule has 0 rings (SSSR count). The second-order valence-corrected chi connectivity index (χ2v) is 9.51. The van der Waals surface area contributed by atoms with Crippen LogP contribution < -0.4 is 5.32 Å². The van der Waals surface area contributed by atoms with Gasteiger partial charge in [-0.1, -0.05) is 96.8 Å². The maximum absolute atomic E-state index is 11.9. The van der Waals surface area contributed by atoms with Gasteiger partial charge in [0.25, 0.3) is 0 Å². The summed E-state index contributed by atoms with van der Waals surface area (Å²) in [7, 11) is 4.24. The number of amides is 1. The van der Waals surface area contributed by atoms with Crippen molar-refractivity contribution < 1.29 is 14.4 Å². The number of hydrogen-bond donors (Lipinski definition) is 2. The zero-order chi connectivity index (χ0) is 21.6. The van der Waals surface area contributed by atoms with Crippen molar-refractivity contribution in [1.82, 2.24) is 5.32 Å². The number of rotatable bonds is 22. The van der Waals surface area contributed by atoms with Crippen LogP contribution in [-0.4, -0.2) is 55.8 Å². The molecule has 0 heterocycles. The van der Waals surface area contributed by atoms with Gasteiger partial charge in [-0.25, -0.2) is 0 Å². The molecule has 29 heavy (non-hydrogen) atoms. The summed E-state index contributed by atoms with van der Waals surface area (Å²) in [5.41, 5.74) is 0. The molecule has 0 aliphatic heterocycles. The Bertz CT molecular complexity index is 359. The van der Waals surface area contributed by atoms with Crippen LogP contribution >= 0.6 is 0 Å². The Morgan fingerprint density at radius 1 is 0.690 bits per heavy atom. The number of aliphatic hydroxyl groups is 1. The van der Waals surface area contributed by atoms with E-state index in [1.54, 1.807) is 0 Å². The SMILES string of the molecule is CCCCCCCCCCCCCCCCCC(=O)NCCC[N+](C)(C)CCO. The predicted octanol–water partition coefficient (Wildman–Crippen LogP) is 5.82. The lowest BCUT2D eigenvalue weighted by Gasteiger charge is -2.28. The minimum atomic E-state index is 0.201. The Hall–Kier alpha value is -0.610. The van der Waals surface area contributed by atoms with E-state index in [9.17, 15) is 4.79 Å². The minimum absolute atomic E-state index is 0.201. The summed E-state index contributed by atoms with van der Waals surface area (Å²) in [6.07, 6.45) is 22.0. The number of hydrogen-bond acceptors (Lipinski definition) is 2. The Morgan fingerprint density at radius 2 is 1.14 bits per heavy atom. The lowest BCUT2D eigenvalue weighted by Crippen LogP contribution is -2.43. The Kier molecular flexibility index (Phi) is 20.2. The number of quaternary nitrogens is 1. The van der Waals surface area contributed by atoms with E-state index < -0.39 is 0 Å². The second kappa shape index (κ2) is 20.7. The first-order chi connectivity index (χ1) is 14.0. The largest absolute Gasteiger partial charge is 0.391 e. The molecule has 0 saturated heterocycles. The quantitative estimate of drug-likeness (QED) is 0.173. The fraction of sp³-hybridized carbons (Fsp3) is 0.960. The fourth-order valence-electron chi connectivity index (χ4n) is 3.86. The summed E-state index contributed by atoms with van der Waals surface area (Å²) >= 11 is 0. The van der Waals surface area contributed by atoms with Crippen LogP contribution in [-0.2, 0) is 4.79 Å². The summed E-state index contributed by atoms with van der Waals surface area (Å²) in [6, 6.07) is 0. The summed E-state index contributed by atoms with van der Waals surface area (Å²) in [4.78, 5) is 11.9. The van der Waals surface area contributed by atoms with E-state index in [2.05, 4.69) is 26.3 Å². The molecule has 1 amide bonds. The van der Waals surface area contributed by atoms with Gasteiger partial charge in [0.1, 0.15) is 6.54 Å². The Labute approximate surface area is 182 Å². The molecule has 0 radical (unpaired) electrons. The molecule has 0 spiro atoms. The van der Waals surface area contributed by atoms with E-state index in [-0.39, 0.29) is 12.5 Å². The van der Waals surface area contributed by atoms with Gasteiger partial charge in [-0.3, -0.25) is 4.79 Å². The predicted molar refractivity (Wildman–Crippen MR) is 126 cm³/mol. The lowest BCUT2D eigenvalue weighted by atomic mass is 10.0. The third-order valence-corrected chi connectivity index (χ3v) is 5.98. The third kappa shape index (κ3) is 21.9. The van der Waals surface area contributed by atoms with Gasteiger partial charge in [0, 0.05) is 19.4 Å². The zero-order valence-electron chi connectivity index (χ0n) is 20.2. The summed E-state index contributed by atoms with van der Waals surface area (Å²) in [5.74, 6) is 0.201. The topological polar surface area (TPSA) is 49.3 Å². The highest BCUT2D eigenvalue weighted by atomic mass is 16.3. The van der Waals surface area contributed by atoms with E-state index in [1.165, 1.54) is 89.9 Å². The molecule has 0 fully saturated rings. The van der Waals surface area contributed by atoms with Gasteiger partial charge in [-0.2, -0.15) is 0 Å². The van der Waals surface area contributed by atoms with Crippen LogP contribution in [0.3, 0.4) is 0 Å². The van der Waals surface area contributed by atoms with Crippen LogP contribution in [0.4, 0.5) is 0 Å². The molecule has 0 unspecified atom stereocenters. The van der Waals surface area contributed by atoms with Crippen molar-refractivity contribution in [1.29, 1.82) is 0 Å². The van der Waals surface area contributed by atoms with E-state index >= 15 is 0 Å². The number of likely N-dealkylation sites (N-methyl/N-ethyl adjacent to an activating group) is 1. The molecule has 0 saturated carbocycles. The number of unbranched alkanes of at least 4 members (excludes halogenated alkanes) is 14. The first-order valence-corrected chi connectivity index (χ1v) is 12.7. The highest BCUT2D eigenvalue weighted by Gasteiger charge is 2.13. The van der Waals surface area contributed by atoms with Crippen molar-refractivity contribution in [3.05, 3.63) is 0 Å². The molecule has 4 nitrogen and oxygen atoms in total. The van der Waals surface area contributed by atoms with E-state index in [4.69, 9.17) is 5.11 Å². The number of nitrogens with one attached hydrogen (secondary N) is 1. The van der Waals surface area contributed by atoms with Crippen LogP contribution in [0.15, 0.2) is 0 Å². The van der Waals surface area contributed by atoms with E-state index in [0.29, 0.717) is 6.42 Å². The minimum Gasteiger partial charge on any atom is -0.391 e. The van der Waals surface area contributed by atoms with Crippen molar-refractivity contribution in [2.24, 2.45) is 0 Å². The van der Waals surface area contributed by atoms with Gasteiger partial charge in [0.05, 0.1) is 27.2 Å². The normalized spacial score (nSPS) is 11.7. The fourth-order valence-corrected chi connectivity index (χ4v) is 3.86. The average Bonchev–Trinajstić information content (AvgIpc) is 2.68. The smallest absolute Gasteiger partial charge is 0.219 e. The molecule has 0 aromatic rings. The summed E-state index contributed by atoms with van der Waals surface area (Å²) in [5, 5.41) is 12.1. The second-order valence-electron chi connectivity index (χ2n) is 9.51. The average molecular weight is 414 g/mol. The summed E-state index contributed by atoms with van der Waals surface area (Å²) in [6.45, 7) is 5.01. The molecule has 0 aromatic carbocycles. The van der Waals surface area contributed by atoms with Gasteiger partial charge in [0.2, 0.25) is 5.91 Å². The highest BCUT2D eigenvalue weighted by Crippen LogP contribution is 2.13. The van der Waals surface area contributed by atoms with E-state index in [1.807, 2.05) is 0 Å². The number of carbonyl (C=O) groups excluding carboxylic acids is 1. The maximum Gasteiger partial charge on any atom is 0.219 e. The monoisotopic (exact) mass is 413 g/mol. The van der Waals surface area contributed by atoms with Crippen molar-refractivity contribution in [3.8, 4) is 0 Å². The third-order valence-electron chi connectivity index (χ3n) is 5.98. The lowest BCUT2D eigenvalue weighted by molar-refractivity contribution is -0.890. The van der Waals surface area contributed by atoms with Crippen molar-refractivity contribution >= 4 is 5.91 Å². The highest BCUT2D eigenvalue weighted by molar-refractivity contribution is 5.75. The molecular formula is C25H53N2O2+. The molecular weight excluding hydrogens is 360 g/mol. The molecule has 0 aliphatic rings. The number of aliphatic hydroxyl groups excluding tert-OH is 1. The molecule has 0 bridgehead atoms. The van der Waals surface area contributed by atoms with Gasteiger partial charge in [-0.15, -0.1) is 0 Å². The first kappa shape index (κ1) is 28.4. The Morgan fingerprint density at radius 3 is 1.59 bits per heavy atom. The van der Waals surface area contributed by atoms with E-state index in [0.717, 1.165) is 37.0 Å².